The van der Waals surface area contributed by atoms with Gasteiger partial charge < -0.3 is 4.74 Å². The van der Waals surface area contributed by atoms with Gasteiger partial charge in [0, 0.05) is 18.9 Å². The molecule has 0 N–H and O–H groups in total. The van der Waals surface area contributed by atoms with E-state index in [1.807, 2.05) is 6.92 Å². The van der Waals surface area contributed by atoms with E-state index >= 15 is 0 Å². The van der Waals surface area contributed by atoms with Gasteiger partial charge >= 0.3 is 0 Å². The molecule has 0 saturated carbocycles. The van der Waals surface area contributed by atoms with Crippen LogP contribution < -0.4 is 4.74 Å². The lowest BCUT2D eigenvalue weighted by Crippen LogP contribution is -2.09. The Morgan fingerprint density at radius 3 is 2.30 bits per heavy atom. The van der Waals surface area contributed by atoms with Crippen molar-refractivity contribution in [1.82, 2.24) is 9.78 Å². The lowest BCUT2D eigenvalue weighted by atomic mass is 10.0. The van der Waals surface area contributed by atoms with Crippen LogP contribution in [0.15, 0.2) is 23.2 Å². The lowest BCUT2D eigenvalue weighted by molar-refractivity contribution is 0.103. The molecule has 0 saturated heterocycles. The zero-order valence-electron chi connectivity index (χ0n) is 13.9. The van der Waals surface area contributed by atoms with Crippen molar-refractivity contribution in [2.75, 3.05) is 12.9 Å². The molecular weight excluding hydrogens is 316 g/mol. The summed E-state index contributed by atoms with van der Waals surface area (Å²) in [5.74, 6) is 0.160. The number of hydrogen-bond donors (Lipinski definition) is 0. The van der Waals surface area contributed by atoms with Crippen LogP contribution in [-0.2, 0) is 16.9 Å². The van der Waals surface area contributed by atoms with Gasteiger partial charge in [0.25, 0.3) is 0 Å². The molecule has 2 aromatic rings. The summed E-state index contributed by atoms with van der Waals surface area (Å²) in [7, 11) is -1.64. The van der Waals surface area contributed by atoms with Crippen LogP contribution in [0, 0.1) is 13.8 Å². The Labute approximate surface area is 136 Å². The number of rotatable bonds is 5. The molecule has 0 fully saturated rings. The number of carbonyl (C=O) groups excluding carboxylic acids is 1. The van der Waals surface area contributed by atoms with Crippen molar-refractivity contribution in [3.8, 4) is 5.88 Å². The van der Waals surface area contributed by atoms with Crippen molar-refractivity contribution >= 4 is 15.6 Å². The fraction of sp³-hybridized carbons (Fsp3) is 0.375. The molecule has 7 heteroatoms. The van der Waals surface area contributed by atoms with E-state index in [1.54, 1.807) is 33.0 Å². The maximum Gasteiger partial charge on any atom is 0.223 e. The predicted molar refractivity (Wildman–Crippen MR) is 86.8 cm³/mol. The maximum atomic E-state index is 12.7. The monoisotopic (exact) mass is 336 g/mol. The molecule has 2 rings (SSSR count). The summed E-state index contributed by atoms with van der Waals surface area (Å²) in [6.45, 7) is 5.63. The molecule has 0 amide bonds. The number of ketones is 1. The van der Waals surface area contributed by atoms with Crippen molar-refractivity contribution in [3.63, 3.8) is 0 Å². The number of aryl methyl sites for hydroxylation is 3. The van der Waals surface area contributed by atoms with Crippen LogP contribution in [0.2, 0.25) is 0 Å². The molecule has 1 aromatic carbocycles. The summed E-state index contributed by atoms with van der Waals surface area (Å²) >= 11 is 0. The molecule has 0 atom stereocenters. The summed E-state index contributed by atoms with van der Waals surface area (Å²) in [5, 5.41) is 4.06. The molecule has 0 aliphatic rings. The van der Waals surface area contributed by atoms with E-state index in [1.165, 1.54) is 10.9 Å². The molecular formula is C16H20N2O4S. The standard InChI is InChI=1S/C16H20N2O4S/c1-6-22-16-13(9-17-18(16)4)14(19)12-7-10(2)15(11(3)8-12)23(5,20)21/h7-9H,6H2,1-5H3. The van der Waals surface area contributed by atoms with E-state index in [0.29, 0.717) is 34.7 Å². The molecule has 0 radical (unpaired) electrons. The quantitative estimate of drug-likeness (QED) is 0.781. The van der Waals surface area contributed by atoms with Crippen molar-refractivity contribution in [3.05, 3.63) is 40.6 Å². The van der Waals surface area contributed by atoms with Crippen LogP contribution in [0.25, 0.3) is 0 Å². The fourth-order valence-electron chi connectivity index (χ4n) is 2.71. The third-order valence-electron chi connectivity index (χ3n) is 3.50. The summed E-state index contributed by atoms with van der Waals surface area (Å²) < 4.78 is 30.7. The zero-order chi connectivity index (χ0) is 17.4. The van der Waals surface area contributed by atoms with Gasteiger partial charge in [-0.1, -0.05) is 0 Å². The van der Waals surface area contributed by atoms with Crippen LogP contribution in [0.1, 0.15) is 34.0 Å². The SMILES string of the molecule is CCOc1c(C(=O)c2cc(C)c(S(C)(=O)=O)c(C)c2)cnn1C. The summed E-state index contributed by atoms with van der Waals surface area (Å²) in [5.41, 5.74) is 1.89. The van der Waals surface area contributed by atoms with Gasteiger partial charge in [-0.3, -0.25) is 4.79 Å². The minimum absolute atomic E-state index is 0.243. The second-order valence-electron chi connectivity index (χ2n) is 5.46. The van der Waals surface area contributed by atoms with Crippen molar-refractivity contribution in [2.45, 2.75) is 25.7 Å². The Kier molecular flexibility index (Phi) is 4.61. The van der Waals surface area contributed by atoms with Crippen molar-refractivity contribution < 1.29 is 17.9 Å². The Morgan fingerprint density at radius 2 is 1.83 bits per heavy atom. The van der Waals surface area contributed by atoms with Gasteiger partial charge in [-0.2, -0.15) is 5.10 Å². The average molecular weight is 336 g/mol. The number of hydrogen-bond acceptors (Lipinski definition) is 5. The lowest BCUT2D eigenvalue weighted by Gasteiger charge is -2.11. The second kappa shape index (κ2) is 6.16. The Hall–Kier alpha value is -2.15. The van der Waals surface area contributed by atoms with E-state index in [4.69, 9.17) is 4.74 Å². The molecule has 0 unspecified atom stereocenters. The molecule has 1 heterocycles. The third-order valence-corrected chi connectivity index (χ3v) is 4.89. The second-order valence-corrected chi connectivity index (χ2v) is 7.41. The van der Waals surface area contributed by atoms with E-state index in [2.05, 4.69) is 5.10 Å². The topological polar surface area (TPSA) is 78.3 Å². The first-order valence-electron chi connectivity index (χ1n) is 7.17. The first kappa shape index (κ1) is 17.2. The van der Waals surface area contributed by atoms with Crippen LogP contribution in [0.4, 0.5) is 0 Å². The van der Waals surface area contributed by atoms with Gasteiger partial charge in [0.15, 0.2) is 15.6 Å². The number of benzene rings is 1. The Morgan fingerprint density at radius 1 is 1.26 bits per heavy atom. The highest BCUT2D eigenvalue weighted by atomic mass is 32.2. The molecule has 124 valence electrons. The van der Waals surface area contributed by atoms with Gasteiger partial charge in [0.05, 0.1) is 17.7 Å². The maximum absolute atomic E-state index is 12.7. The molecule has 0 aliphatic carbocycles. The predicted octanol–water partition coefficient (Wildman–Crippen LogP) is 2.07. The number of aromatic nitrogens is 2. The zero-order valence-corrected chi connectivity index (χ0v) is 14.7. The highest BCUT2D eigenvalue weighted by Crippen LogP contribution is 2.26. The minimum atomic E-state index is -3.34. The van der Waals surface area contributed by atoms with Crippen molar-refractivity contribution in [1.29, 1.82) is 0 Å². The summed E-state index contributed by atoms with van der Waals surface area (Å²) in [6.07, 6.45) is 2.63. The highest BCUT2D eigenvalue weighted by Gasteiger charge is 2.22. The molecule has 0 aliphatic heterocycles. The fourth-order valence-corrected chi connectivity index (χ4v) is 4.00. The Balaban J connectivity index is 2.54. The van der Waals surface area contributed by atoms with Crippen LogP contribution in [-0.4, -0.2) is 36.8 Å². The first-order valence-corrected chi connectivity index (χ1v) is 9.06. The number of carbonyl (C=O) groups is 1. The van der Waals surface area contributed by atoms with Crippen LogP contribution >= 0.6 is 0 Å². The largest absolute Gasteiger partial charge is 0.478 e. The number of ether oxygens (including phenoxy) is 1. The highest BCUT2D eigenvalue weighted by molar-refractivity contribution is 7.90. The Bertz CT molecular complexity index is 843. The minimum Gasteiger partial charge on any atom is -0.478 e. The first-order chi connectivity index (χ1) is 10.7. The van der Waals surface area contributed by atoms with E-state index in [9.17, 15) is 13.2 Å². The van der Waals surface area contributed by atoms with Gasteiger partial charge in [-0.15, -0.1) is 0 Å². The van der Waals surface area contributed by atoms with Gasteiger partial charge in [-0.05, 0) is 44.0 Å². The molecule has 1 aromatic heterocycles. The van der Waals surface area contributed by atoms with E-state index < -0.39 is 9.84 Å². The normalized spacial score (nSPS) is 11.5. The van der Waals surface area contributed by atoms with E-state index in [-0.39, 0.29) is 10.7 Å². The molecule has 6 nitrogen and oxygen atoms in total. The smallest absolute Gasteiger partial charge is 0.223 e. The molecule has 0 bridgehead atoms. The van der Waals surface area contributed by atoms with Crippen LogP contribution in [0.5, 0.6) is 5.88 Å². The number of sulfone groups is 1. The molecule has 23 heavy (non-hydrogen) atoms. The van der Waals surface area contributed by atoms with Crippen molar-refractivity contribution in [2.24, 2.45) is 7.05 Å². The molecule has 0 spiro atoms. The number of nitrogens with zero attached hydrogens (tertiary/aromatic N) is 2. The summed E-state index contributed by atoms with van der Waals surface area (Å²) in [4.78, 5) is 13.0. The summed E-state index contributed by atoms with van der Waals surface area (Å²) in [6, 6.07) is 3.18. The van der Waals surface area contributed by atoms with Gasteiger partial charge in [0.2, 0.25) is 5.88 Å². The van der Waals surface area contributed by atoms with Gasteiger partial charge in [-0.25, -0.2) is 13.1 Å². The third kappa shape index (κ3) is 3.29. The van der Waals surface area contributed by atoms with Gasteiger partial charge in [0.1, 0.15) is 5.56 Å². The van der Waals surface area contributed by atoms with Crippen LogP contribution in [0.3, 0.4) is 0 Å². The average Bonchev–Trinajstić information content (AvgIpc) is 2.77. The van der Waals surface area contributed by atoms with E-state index in [0.717, 1.165) is 6.26 Å².